The van der Waals surface area contributed by atoms with Crippen molar-refractivity contribution >= 4 is 23.2 Å². The lowest BCUT2D eigenvalue weighted by atomic mass is 10.1. The molecule has 0 saturated carbocycles. The molecule has 3 aromatic rings. The van der Waals surface area contributed by atoms with E-state index in [1.165, 1.54) is 18.4 Å². The summed E-state index contributed by atoms with van der Waals surface area (Å²) >= 11 is 1.45. The number of aromatic nitrogens is 1. The van der Waals surface area contributed by atoms with E-state index in [2.05, 4.69) is 10.3 Å². The Morgan fingerprint density at radius 2 is 1.82 bits per heavy atom. The van der Waals surface area contributed by atoms with Gasteiger partial charge in [0, 0.05) is 10.9 Å². The summed E-state index contributed by atoms with van der Waals surface area (Å²) in [6.07, 6.45) is 0.0162. The van der Waals surface area contributed by atoms with Gasteiger partial charge in [0.05, 0.1) is 19.2 Å². The van der Waals surface area contributed by atoms with Gasteiger partial charge in [0.1, 0.15) is 10.8 Å². The lowest BCUT2D eigenvalue weighted by Crippen LogP contribution is -2.34. The van der Waals surface area contributed by atoms with E-state index in [9.17, 15) is 14.7 Å². The van der Waals surface area contributed by atoms with E-state index in [1.54, 1.807) is 24.3 Å². The van der Waals surface area contributed by atoms with Crippen molar-refractivity contribution in [3.05, 3.63) is 70.7 Å². The Hall–Kier alpha value is -3.19. The number of carboxylic acid groups (broad SMARTS) is 1. The molecule has 7 heteroatoms. The predicted octanol–water partition coefficient (Wildman–Crippen LogP) is 3.61. The molecule has 1 amide bonds. The summed E-state index contributed by atoms with van der Waals surface area (Å²) in [7, 11) is 1.53. The number of hydrogen-bond donors (Lipinski definition) is 2. The van der Waals surface area contributed by atoms with Crippen molar-refractivity contribution in [3.8, 4) is 16.3 Å². The monoisotopic (exact) mass is 396 g/mol. The zero-order chi connectivity index (χ0) is 20.1. The fourth-order valence-corrected chi connectivity index (χ4v) is 3.50. The van der Waals surface area contributed by atoms with Gasteiger partial charge in [-0.15, -0.1) is 11.3 Å². The van der Waals surface area contributed by atoms with E-state index in [0.717, 1.165) is 16.1 Å². The molecule has 6 nitrogen and oxygen atoms in total. The third-order valence-corrected chi connectivity index (χ3v) is 5.13. The number of amides is 1. The highest BCUT2D eigenvalue weighted by Gasteiger charge is 2.22. The molecule has 1 aromatic heterocycles. The van der Waals surface area contributed by atoms with E-state index in [0.29, 0.717) is 17.0 Å². The van der Waals surface area contributed by atoms with Gasteiger partial charge in [-0.3, -0.25) is 4.79 Å². The van der Waals surface area contributed by atoms with Crippen molar-refractivity contribution in [3.63, 3.8) is 0 Å². The number of carbonyl (C=O) groups is 2. The third kappa shape index (κ3) is 4.75. The SMILES string of the molecule is COc1ccc(C(NC(=O)Cc2csc(-c3ccc(C)cc3)n2)C(=O)O)cc1. The normalized spacial score (nSPS) is 11.6. The second-order valence-electron chi connectivity index (χ2n) is 6.30. The smallest absolute Gasteiger partial charge is 0.330 e. The zero-order valence-corrected chi connectivity index (χ0v) is 16.3. The molecule has 2 aromatic carbocycles. The molecule has 28 heavy (non-hydrogen) atoms. The molecule has 0 fully saturated rings. The third-order valence-electron chi connectivity index (χ3n) is 4.19. The number of aryl methyl sites for hydroxylation is 1. The van der Waals surface area contributed by atoms with Crippen LogP contribution in [0.15, 0.2) is 53.9 Å². The van der Waals surface area contributed by atoms with Crippen LogP contribution in [0.25, 0.3) is 10.6 Å². The zero-order valence-electron chi connectivity index (χ0n) is 15.5. The van der Waals surface area contributed by atoms with Gasteiger partial charge < -0.3 is 15.2 Å². The van der Waals surface area contributed by atoms with Gasteiger partial charge in [0.2, 0.25) is 5.91 Å². The van der Waals surface area contributed by atoms with Crippen molar-refractivity contribution < 1.29 is 19.4 Å². The van der Waals surface area contributed by atoms with Crippen LogP contribution >= 0.6 is 11.3 Å². The largest absolute Gasteiger partial charge is 0.497 e. The van der Waals surface area contributed by atoms with E-state index >= 15 is 0 Å². The molecule has 1 heterocycles. The molecule has 1 atom stereocenters. The number of aliphatic carboxylic acids is 1. The molecular formula is C21H20N2O4S. The first-order valence-electron chi connectivity index (χ1n) is 8.64. The number of methoxy groups -OCH3 is 1. The summed E-state index contributed by atoms with van der Waals surface area (Å²) in [5.74, 6) is -0.911. The van der Waals surface area contributed by atoms with Crippen molar-refractivity contribution in [2.45, 2.75) is 19.4 Å². The maximum Gasteiger partial charge on any atom is 0.330 e. The average Bonchev–Trinajstić information content (AvgIpc) is 3.15. The van der Waals surface area contributed by atoms with Gasteiger partial charge in [-0.2, -0.15) is 0 Å². The van der Waals surface area contributed by atoms with E-state index < -0.39 is 17.9 Å². The molecule has 144 valence electrons. The first-order chi connectivity index (χ1) is 13.5. The Morgan fingerprint density at radius 3 is 2.43 bits per heavy atom. The van der Waals surface area contributed by atoms with Crippen LogP contribution in [-0.2, 0) is 16.0 Å². The Balaban J connectivity index is 1.68. The van der Waals surface area contributed by atoms with Crippen LogP contribution in [0.5, 0.6) is 5.75 Å². The minimum Gasteiger partial charge on any atom is -0.497 e. The second-order valence-corrected chi connectivity index (χ2v) is 7.16. The molecule has 3 rings (SSSR count). The number of benzene rings is 2. The molecule has 1 unspecified atom stereocenters. The highest BCUT2D eigenvalue weighted by atomic mass is 32.1. The summed E-state index contributed by atoms with van der Waals surface area (Å²) < 4.78 is 5.07. The summed E-state index contributed by atoms with van der Waals surface area (Å²) in [4.78, 5) is 28.5. The maximum absolute atomic E-state index is 12.4. The number of nitrogens with zero attached hydrogens (tertiary/aromatic N) is 1. The van der Waals surface area contributed by atoms with Crippen LogP contribution in [0.2, 0.25) is 0 Å². The highest BCUT2D eigenvalue weighted by molar-refractivity contribution is 7.13. The van der Waals surface area contributed by atoms with Gasteiger partial charge in [-0.05, 0) is 24.6 Å². The van der Waals surface area contributed by atoms with E-state index in [4.69, 9.17) is 4.74 Å². The first-order valence-corrected chi connectivity index (χ1v) is 9.52. The molecule has 0 aliphatic rings. The van der Waals surface area contributed by atoms with Crippen LogP contribution in [0.1, 0.15) is 22.9 Å². The fraction of sp³-hybridized carbons (Fsp3) is 0.190. The Labute approximate surface area is 166 Å². The van der Waals surface area contributed by atoms with Crippen molar-refractivity contribution in [2.24, 2.45) is 0 Å². The molecule has 0 spiro atoms. The number of thiazole rings is 1. The predicted molar refractivity (Wildman–Crippen MR) is 108 cm³/mol. The number of hydrogen-bond acceptors (Lipinski definition) is 5. The number of rotatable bonds is 7. The van der Waals surface area contributed by atoms with Gasteiger partial charge in [-0.1, -0.05) is 42.0 Å². The average molecular weight is 396 g/mol. The minimum atomic E-state index is -1.13. The van der Waals surface area contributed by atoms with Crippen LogP contribution in [0.4, 0.5) is 0 Å². The van der Waals surface area contributed by atoms with Gasteiger partial charge in [0.25, 0.3) is 0 Å². The Morgan fingerprint density at radius 1 is 1.14 bits per heavy atom. The van der Waals surface area contributed by atoms with Gasteiger partial charge in [-0.25, -0.2) is 9.78 Å². The topological polar surface area (TPSA) is 88.5 Å². The molecular weight excluding hydrogens is 376 g/mol. The Bertz CT molecular complexity index is 965. The molecule has 0 bridgehead atoms. The summed E-state index contributed by atoms with van der Waals surface area (Å²) in [5, 5.41) is 14.7. The van der Waals surface area contributed by atoms with Crippen LogP contribution in [-0.4, -0.2) is 29.1 Å². The van der Waals surface area contributed by atoms with Crippen LogP contribution < -0.4 is 10.1 Å². The van der Waals surface area contributed by atoms with Gasteiger partial charge >= 0.3 is 5.97 Å². The summed E-state index contributed by atoms with van der Waals surface area (Å²) in [6, 6.07) is 13.4. The van der Waals surface area contributed by atoms with Crippen LogP contribution in [0.3, 0.4) is 0 Å². The number of nitrogens with one attached hydrogen (secondary N) is 1. The molecule has 0 radical (unpaired) electrons. The van der Waals surface area contributed by atoms with Crippen molar-refractivity contribution in [1.82, 2.24) is 10.3 Å². The molecule has 0 aliphatic heterocycles. The number of carboxylic acids is 1. The standard InChI is InChI=1S/C21H20N2O4S/c1-13-3-5-15(6-4-13)20-22-16(12-28-20)11-18(24)23-19(21(25)26)14-7-9-17(27-2)10-8-14/h3-10,12,19H,11H2,1-2H3,(H,23,24)(H,25,26). The quantitative estimate of drug-likeness (QED) is 0.637. The van der Waals surface area contributed by atoms with Crippen molar-refractivity contribution in [1.29, 1.82) is 0 Å². The first kappa shape index (κ1) is 19.6. The van der Waals surface area contributed by atoms with Crippen LogP contribution in [0, 0.1) is 6.92 Å². The summed E-state index contributed by atoms with van der Waals surface area (Å²) in [6.45, 7) is 2.02. The molecule has 0 saturated heterocycles. The van der Waals surface area contributed by atoms with E-state index in [1.807, 2.05) is 36.6 Å². The van der Waals surface area contributed by atoms with Crippen molar-refractivity contribution in [2.75, 3.05) is 7.11 Å². The van der Waals surface area contributed by atoms with E-state index in [-0.39, 0.29) is 6.42 Å². The van der Waals surface area contributed by atoms with Gasteiger partial charge in [0.15, 0.2) is 6.04 Å². The molecule has 0 aliphatic carbocycles. The molecule has 2 N–H and O–H groups in total. The Kier molecular flexibility index (Phi) is 6.06. The lowest BCUT2D eigenvalue weighted by Gasteiger charge is -2.15. The maximum atomic E-state index is 12.4. The number of ether oxygens (including phenoxy) is 1. The second kappa shape index (κ2) is 8.67. The minimum absolute atomic E-state index is 0.0162. The fourth-order valence-electron chi connectivity index (χ4n) is 2.68. The lowest BCUT2D eigenvalue weighted by molar-refractivity contribution is -0.142. The highest BCUT2D eigenvalue weighted by Crippen LogP contribution is 2.24. The summed E-state index contributed by atoms with van der Waals surface area (Å²) in [5.41, 5.74) is 3.24. The number of carbonyl (C=O) groups excluding carboxylic acids is 1.